The molecule has 0 aliphatic heterocycles. The van der Waals surface area contributed by atoms with Gasteiger partial charge in [0, 0.05) is 11.1 Å². The van der Waals surface area contributed by atoms with Crippen molar-refractivity contribution in [2.75, 3.05) is 7.05 Å². The Balaban J connectivity index is 2.24. The molecule has 2 heterocycles. The fourth-order valence-electron chi connectivity index (χ4n) is 1.02. The van der Waals surface area contributed by atoms with Crippen LogP contribution in [0, 0.1) is 6.92 Å². The molecule has 5 nitrogen and oxygen atoms in total. The number of rotatable bonds is 3. The van der Waals surface area contributed by atoms with Gasteiger partial charge in [0.2, 0.25) is 11.7 Å². The number of hydrogen-bond donors (Lipinski definition) is 1. The predicted octanol–water partition coefficient (Wildman–Crippen LogP) is 1.22. The average Bonchev–Trinajstić information content (AvgIpc) is 2.74. The van der Waals surface area contributed by atoms with Crippen LogP contribution in [-0.2, 0) is 6.54 Å². The smallest absolute Gasteiger partial charge is 0.240 e. The second-order valence-electron chi connectivity index (χ2n) is 2.82. The van der Waals surface area contributed by atoms with Gasteiger partial charge in [-0.1, -0.05) is 5.16 Å². The summed E-state index contributed by atoms with van der Waals surface area (Å²) in [5.74, 6) is 1.14. The van der Waals surface area contributed by atoms with Crippen molar-refractivity contribution in [2.24, 2.45) is 0 Å². The van der Waals surface area contributed by atoms with Crippen LogP contribution < -0.4 is 5.32 Å². The normalized spacial score (nSPS) is 10.7. The molecule has 0 saturated carbocycles. The van der Waals surface area contributed by atoms with Crippen LogP contribution in [-0.4, -0.2) is 22.2 Å². The van der Waals surface area contributed by atoms with Crippen molar-refractivity contribution in [1.82, 2.24) is 20.4 Å². The maximum Gasteiger partial charge on any atom is 0.240 e. The summed E-state index contributed by atoms with van der Waals surface area (Å²) in [5, 5.41) is 7.58. The van der Waals surface area contributed by atoms with Gasteiger partial charge < -0.3 is 9.84 Å². The highest BCUT2D eigenvalue weighted by molar-refractivity contribution is 7.14. The summed E-state index contributed by atoms with van der Waals surface area (Å²) in [6.07, 6.45) is 1.80. The third-order valence-electron chi connectivity index (χ3n) is 1.61. The molecule has 14 heavy (non-hydrogen) atoms. The molecular formula is C8H10N4OS. The fraction of sp³-hybridized carbons (Fsp3) is 0.375. The van der Waals surface area contributed by atoms with E-state index in [1.54, 1.807) is 17.5 Å². The Hall–Kier alpha value is -1.27. The zero-order valence-electron chi connectivity index (χ0n) is 7.94. The highest BCUT2D eigenvalue weighted by Gasteiger charge is 2.10. The van der Waals surface area contributed by atoms with Crippen molar-refractivity contribution in [1.29, 1.82) is 0 Å². The first-order valence-corrected chi connectivity index (χ1v) is 5.01. The Morgan fingerprint density at radius 2 is 2.43 bits per heavy atom. The van der Waals surface area contributed by atoms with Gasteiger partial charge in [-0.25, -0.2) is 4.98 Å². The number of aromatic nitrogens is 3. The van der Waals surface area contributed by atoms with E-state index in [0.29, 0.717) is 18.3 Å². The van der Waals surface area contributed by atoms with E-state index in [0.717, 1.165) is 9.88 Å². The second-order valence-corrected chi connectivity index (χ2v) is 4.05. The monoisotopic (exact) mass is 210 g/mol. The number of thiazole rings is 1. The topological polar surface area (TPSA) is 63.8 Å². The van der Waals surface area contributed by atoms with Gasteiger partial charge in [0.1, 0.15) is 0 Å². The number of hydrogen-bond acceptors (Lipinski definition) is 6. The van der Waals surface area contributed by atoms with Crippen LogP contribution in [0.2, 0.25) is 0 Å². The molecule has 0 radical (unpaired) electrons. The molecule has 6 heteroatoms. The molecule has 0 aliphatic rings. The Bertz CT molecular complexity index is 422. The molecule has 0 bridgehead atoms. The van der Waals surface area contributed by atoms with Crippen molar-refractivity contribution in [3.63, 3.8) is 0 Å². The predicted molar refractivity (Wildman–Crippen MR) is 52.9 cm³/mol. The van der Waals surface area contributed by atoms with Gasteiger partial charge in [0.05, 0.1) is 6.54 Å². The van der Waals surface area contributed by atoms with E-state index < -0.39 is 0 Å². The molecule has 0 unspecified atom stereocenters. The van der Waals surface area contributed by atoms with Crippen molar-refractivity contribution >= 4 is 11.3 Å². The standard InChI is InChI=1S/C8H10N4OS/c1-5-3-10-8(14-5)7-11-6(4-9-2)13-12-7/h3,9H,4H2,1-2H3. The zero-order valence-corrected chi connectivity index (χ0v) is 8.76. The van der Waals surface area contributed by atoms with Crippen LogP contribution in [0.4, 0.5) is 0 Å². The van der Waals surface area contributed by atoms with Crippen LogP contribution in [0.15, 0.2) is 10.7 Å². The van der Waals surface area contributed by atoms with Crippen LogP contribution >= 0.6 is 11.3 Å². The molecule has 1 N–H and O–H groups in total. The Labute approximate surface area is 85.2 Å². The fourth-order valence-corrected chi connectivity index (χ4v) is 1.71. The van der Waals surface area contributed by atoms with Gasteiger partial charge in [0.15, 0.2) is 5.01 Å². The van der Waals surface area contributed by atoms with Gasteiger partial charge in [-0.3, -0.25) is 0 Å². The number of aryl methyl sites for hydroxylation is 1. The minimum Gasteiger partial charge on any atom is -0.337 e. The molecule has 0 saturated heterocycles. The van der Waals surface area contributed by atoms with E-state index in [1.165, 1.54) is 0 Å². The summed E-state index contributed by atoms with van der Waals surface area (Å²) in [7, 11) is 1.83. The van der Waals surface area contributed by atoms with Crippen LogP contribution in [0.25, 0.3) is 10.8 Å². The summed E-state index contributed by atoms with van der Waals surface area (Å²) < 4.78 is 5.01. The average molecular weight is 210 g/mol. The first-order chi connectivity index (χ1) is 6.79. The molecule has 2 rings (SSSR count). The SMILES string of the molecule is CNCc1nc(-c2ncc(C)s2)no1. The van der Waals surface area contributed by atoms with Crippen molar-refractivity contribution in [2.45, 2.75) is 13.5 Å². The number of nitrogens with one attached hydrogen (secondary N) is 1. The highest BCUT2D eigenvalue weighted by atomic mass is 32.1. The maximum atomic E-state index is 5.01. The molecule has 2 aromatic rings. The van der Waals surface area contributed by atoms with Gasteiger partial charge in [0.25, 0.3) is 0 Å². The summed E-state index contributed by atoms with van der Waals surface area (Å²) in [4.78, 5) is 9.50. The van der Waals surface area contributed by atoms with Gasteiger partial charge in [-0.05, 0) is 14.0 Å². The van der Waals surface area contributed by atoms with Crippen molar-refractivity contribution in [3.05, 3.63) is 17.0 Å². The lowest BCUT2D eigenvalue weighted by Gasteiger charge is -1.86. The van der Waals surface area contributed by atoms with E-state index in [1.807, 2.05) is 14.0 Å². The Morgan fingerprint density at radius 3 is 3.07 bits per heavy atom. The number of nitrogens with zero attached hydrogens (tertiary/aromatic N) is 3. The second kappa shape index (κ2) is 3.85. The van der Waals surface area contributed by atoms with Gasteiger partial charge in [-0.15, -0.1) is 11.3 Å². The lowest BCUT2D eigenvalue weighted by molar-refractivity contribution is 0.372. The van der Waals surface area contributed by atoms with Crippen molar-refractivity contribution < 1.29 is 4.52 Å². The molecule has 74 valence electrons. The zero-order chi connectivity index (χ0) is 9.97. The Morgan fingerprint density at radius 1 is 1.57 bits per heavy atom. The van der Waals surface area contributed by atoms with Gasteiger partial charge in [-0.2, -0.15) is 4.98 Å². The lowest BCUT2D eigenvalue weighted by atomic mass is 10.6. The lowest BCUT2D eigenvalue weighted by Crippen LogP contribution is -2.04. The summed E-state index contributed by atoms with van der Waals surface area (Å²) in [6.45, 7) is 2.58. The van der Waals surface area contributed by atoms with E-state index in [4.69, 9.17) is 4.52 Å². The van der Waals surface area contributed by atoms with Crippen LogP contribution in [0.1, 0.15) is 10.8 Å². The quantitative estimate of drug-likeness (QED) is 0.825. The molecule has 0 fully saturated rings. The largest absolute Gasteiger partial charge is 0.337 e. The summed E-state index contributed by atoms with van der Waals surface area (Å²) >= 11 is 1.56. The molecule has 0 aliphatic carbocycles. The van der Waals surface area contributed by atoms with E-state index >= 15 is 0 Å². The molecule has 0 atom stereocenters. The van der Waals surface area contributed by atoms with Crippen LogP contribution in [0.5, 0.6) is 0 Å². The molecule has 0 spiro atoms. The summed E-state index contributed by atoms with van der Waals surface area (Å²) in [6, 6.07) is 0. The molecule has 2 aromatic heterocycles. The van der Waals surface area contributed by atoms with E-state index in [-0.39, 0.29) is 0 Å². The Kier molecular flexibility index (Phi) is 2.55. The van der Waals surface area contributed by atoms with Crippen molar-refractivity contribution in [3.8, 4) is 10.8 Å². The molecule has 0 amide bonds. The molecule has 0 aromatic carbocycles. The summed E-state index contributed by atoms with van der Waals surface area (Å²) in [5.41, 5.74) is 0. The maximum absolute atomic E-state index is 5.01. The third-order valence-corrected chi connectivity index (χ3v) is 2.52. The van der Waals surface area contributed by atoms with E-state index in [9.17, 15) is 0 Å². The minimum absolute atomic E-state index is 0.563. The third kappa shape index (κ3) is 1.80. The van der Waals surface area contributed by atoms with E-state index in [2.05, 4.69) is 20.4 Å². The first kappa shape index (κ1) is 9.29. The van der Waals surface area contributed by atoms with Crippen LogP contribution in [0.3, 0.4) is 0 Å². The molecular weight excluding hydrogens is 200 g/mol. The minimum atomic E-state index is 0.563. The highest BCUT2D eigenvalue weighted by Crippen LogP contribution is 2.21. The first-order valence-electron chi connectivity index (χ1n) is 4.19. The van der Waals surface area contributed by atoms with Gasteiger partial charge >= 0.3 is 0 Å².